The minimum Gasteiger partial charge on any atom is -0.0875 e. The molecule has 0 N–H and O–H groups in total. The third-order valence-electron chi connectivity index (χ3n) is 5.40. The summed E-state index contributed by atoms with van der Waals surface area (Å²) in [7, 11) is 0. The van der Waals surface area contributed by atoms with Gasteiger partial charge in [-0.15, -0.1) is 0 Å². The molecule has 0 heterocycles. The topological polar surface area (TPSA) is 0 Å². The minimum absolute atomic E-state index is 0.985. The fourth-order valence-corrected chi connectivity index (χ4v) is 14.5. The Morgan fingerprint density at radius 2 is 0.900 bits per heavy atom. The lowest BCUT2D eigenvalue weighted by Crippen LogP contribution is -2.25. The van der Waals surface area contributed by atoms with Crippen LogP contribution in [-0.2, 0) is 11.8 Å². The first-order valence-electron chi connectivity index (χ1n) is 10.0. The Morgan fingerprint density at radius 1 is 0.567 bits per heavy atom. The Morgan fingerprint density at radius 3 is 1.27 bits per heavy atom. The summed E-state index contributed by atoms with van der Waals surface area (Å²) in [5.41, 5.74) is 0. The fraction of sp³-hybridized carbons (Fsp3) is 0.0769. The van der Waals surface area contributed by atoms with Gasteiger partial charge in [-0.25, -0.2) is 0 Å². The summed E-state index contributed by atoms with van der Waals surface area (Å²) in [4.78, 5) is 0. The predicted molar refractivity (Wildman–Crippen MR) is 144 cm³/mol. The van der Waals surface area contributed by atoms with E-state index in [4.69, 9.17) is 11.8 Å². The summed E-state index contributed by atoms with van der Waals surface area (Å²) < 4.78 is 0. The highest BCUT2D eigenvalue weighted by Crippen LogP contribution is 2.65. The van der Waals surface area contributed by atoms with E-state index in [0.29, 0.717) is 0 Å². The number of rotatable bonds is 7. The van der Waals surface area contributed by atoms with Gasteiger partial charge in [0.1, 0.15) is 16.6 Å². The summed E-state index contributed by atoms with van der Waals surface area (Å²) in [6.45, 7) is 0. The SMILES string of the molecule is S=P(CC[P+](Br)(c1ccccc1)c1ccccc1)(c1ccccc1)c1ccccc1. The van der Waals surface area contributed by atoms with E-state index in [1.54, 1.807) is 0 Å². The molecule has 0 atom stereocenters. The fourth-order valence-electron chi connectivity index (χ4n) is 3.76. The van der Waals surface area contributed by atoms with Crippen molar-refractivity contribution in [1.82, 2.24) is 0 Å². The number of hydrogen-bond acceptors (Lipinski definition) is 1. The molecule has 30 heavy (non-hydrogen) atoms. The van der Waals surface area contributed by atoms with Crippen LogP contribution in [0, 0.1) is 0 Å². The lowest BCUT2D eigenvalue weighted by Gasteiger charge is -2.27. The van der Waals surface area contributed by atoms with Gasteiger partial charge in [0, 0.05) is 12.2 Å². The maximum Gasteiger partial charge on any atom is 0.151 e. The molecule has 0 aliphatic heterocycles. The van der Waals surface area contributed by atoms with Gasteiger partial charge in [-0.3, -0.25) is 0 Å². The summed E-state index contributed by atoms with van der Waals surface area (Å²) in [6.07, 6.45) is 2.02. The molecule has 4 rings (SSSR count). The smallest absolute Gasteiger partial charge is 0.0875 e. The van der Waals surface area contributed by atoms with Gasteiger partial charge in [0.2, 0.25) is 0 Å². The van der Waals surface area contributed by atoms with E-state index in [1.165, 1.54) is 21.2 Å². The van der Waals surface area contributed by atoms with Gasteiger partial charge in [-0.05, 0) is 34.9 Å². The van der Waals surface area contributed by atoms with Crippen LogP contribution in [0.1, 0.15) is 0 Å². The molecule has 0 aliphatic carbocycles. The van der Waals surface area contributed by atoms with Crippen LogP contribution >= 0.6 is 27.5 Å². The Kier molecular flexibility index (Phi) is 7.01. The van der Waals surface area contributed by atoms with Crippen LogP contribution in [0.4, 0.5) is 0 Å². The molecule has 0 aliphatic rings. The highest BCUT2D eigenvalue weighted by Gasteiger charge is 2.42. The summed E-state index contributed by atoms with van der Waals surface area (Å²) in [6, 6.07) is 41.3. The van der Waals surface area contributed by atoms with E-state index in [0.717, 1.165) is 12.3 Å². The highest BCUT2D eigenvalue weighted by atomic mass is 79.9. The first kappa shape index (κ1) is 21.7. The van der Waals surface area contributed by atoms with Crippen molar-refractivity contribution in [3.05, 3.63) is 121 Å². The quantitative estimate of drug-likeness (QED) is 0.271. The first-order valence-corrected chi connectivity index (χ1v) is 17.0. The van der Waals surface area contributed by atoms with Gasteiger partial charge in [-0.1, -0.05) is 109 Å². The third-order valence-corrected chi connectivity index (χ3v) is 17.3. The molecule has 0 aromatic heterocycles. The van der Waals surface area contributed by atoms with Crippen molar-refractivity contribution in [3.8, 4) is 0 Å². The van der Waals surface area contributed by atoms with Crippen LogP contribution in [0.25, 0.3) is 0 Å². The zero-order valence-electron chi connectivity index (χ0n) is 16.6. The molecule has 0 fully saturated rings. The monoisotopic (exact) mass is 509 g/mol. The van der Waals surface area contributed by atoms with Crippen molar-refractivity contribution in [3.63, 3.8) is 0 Å². The molecule has 150 valence electrons. The van der Waals surface area contributed by atoms with Crippen molar-refractivity contribution in [2.75, 3.05) is 12.3 Å². The molecule has 0 spiro atoms. The van der Waals surface area contributed by atoms with Crippen LogP contribution in [0.3, 0.4) is 0 Å². The molecule has 4 heteroatoms. The van der Waals surface area contributed by atoms with E-state index >= 15 is 0 Å². The average Bonchev–Trinajstić information content (AvgIpc) is 2.84. The average molecular weight is 510 g/mol. The Bertz CT molecular complexity index is 1030. The lowest BCUT2D eigenvalue weighted by molar-refractivity contribution is 1.50. The zero-order chi connectivity index (χ0) is 20.9. The highest BCUT2D eigenvalue weighted by molar-refractivity contribution is 9.43. The van der Waals surface area contributed by atoms with Crippen molar-refractivity contribution in [1.29, 1.82) is 0 Å². The molecule has 4 aromatic rings. The Hall–Kier alpha value is -1.56. The summed E-state index contributed by atoms with van der Waals surface area (Å²) in [5.74, 6) is -1.74. The number of hydrogen-bond donors (Lipinski definition) is 0. The Balaban J connectivity index is 1.77. The van der Waals surface area contributed by atoms with Crippen molar-refractivity contribution in [2.24, 2.45) is 0 Å². The van der Waals surface area contributed by atoms with E-state index in [1.807, 2.05) is 0 Å². The molecule has 0 radical (unpaired) electrons. The first-order chi connectivity index (χ1) is 14.6. The van der Waals surface area contributed by atoms with Gasteiger partial charge >= 0.3 is 0 Å². The van der Waals surface area contributed by atoms with E-state index in [2.05, 4.69) is 137 Å². The second-order valence-corrected chi connectivity index (χ2v) is 18.6. The third kappa shape index (κ3) is 4.53. The zero-order valence-corrected chi connectivity index (χ0v) is 20.8. The van der Waals surface area contributed by atoms with Crippen molar-refractivity contribution < 1.29 is 0 Å². The molecule has 0 amide bonds. The van der Waals surface area contributed by atoms with Crippen LogP contribution in [0.15, 0.2) is 121 Å². The van der Waals surface area contributed by atoms with E-state index in [-0.39, 0.29) is 0 Å². The van der Waals surface area contributed by atoms with Crippen LogP contribution < -0.4 is 21.2 Å². The minimum atomic E-state index is -1.93. The van der Waals surface area contributed by atoms with Crippen LogP contribution in [0.2, 0.25) is 0 Å². The van der Waals surface area contributed by atoms with Gasteiger partial charge in [-0.2, -0.15) is 0 Å². The molecule has 0 saturated carbocycles. The second kappa shape index (κ2) is 9.71. The van der Waals surface area contributed by atoms with E-state index in [9.17, 15) is 0 Å². The van der Waals surface area contributed by atoms with E-state index < -0.39 is 12.0 Å². The van der Waals surface area contributed by atoms with Crippen LogP contribution in [0.5, 0.6) is 0 Å². The summed E-state index contributed by atoms with van der Waals surface area (Å²) >= 11 is 10.8. The second-order valence-electron chi connectivity index (χ2n) is 7.25. The predicted octanol–water partition coefficient (Wildman–Crippen LogP) is 6.10. The molecule has 0 saturated heterocycles. The molecule has 4 aromatic carbocycles. The van der Waals surface area contributed by atoms with Crippen molar-refractivity contribution >= 4 is 60.5 Å². The number of halogens is 1. The molecular weight excluding hydrogens is 486 g/mol. The number of benzene rings is 4. The molecular formula is C26H24BrP2S+. The Labute approximate surface area is 193 Å². The maximum atomic E-state index is 6.51. The molecule has 0 unspecified atom stereocenters. The largest absolute Gasteiger partial charge is 0.151 e. The normalized spacial score (nSPS) is 11.9. The molecule has 0 nitrogen and oxygen atoms in total. The van der Waals surface area contributed by atoms with Gasteiger partial charge in [0.15, 0.2) is 15.5 Å². The summed E-state index contributed by atoms with van der Waals surface area (Å²) in [5, 5.41) is 5.34. The van der Waals surface area contributed by atoms with Crippen molar-refractivity contribution in [2.45, 2.75) is 0 Å². The van der Waals surface area contributed by atoms with Crippen LogP contribution in [-0.4, -0.2) is 12.3 Å². The maximum absolute atomic E-state index is 6.51. The van der Waals surface area contributed by atoms with Gasteiger partial charge in [0.25, 0.3) is 0 Å². The van der Waals surface area contributed by atoms with Gasteiger partial charge < -0.3 is 0 Å². The lowest BCUT2D eigenvalue weighted by atomic mass is 10.4. The molecule has 0 bridgehead atoms. The standard InChI is InChI=1S/C26H24BrP2S/c27-28(23-13-5-1-6-14-23,24-15-7-2-8-16-24)21-22-29(30,25-17-9-3-10-18-25)26-19-11-4-12-20-26/h1-20H,21-22H2/q+1. The van der Waals surface area contributed by atoms with Gasteiger partial charge in [0.05, 0.1) is 6.16 Å².